The van der Waals surface area contributed by atoms with Crippen LogP contribution >= 0.6 is 11.6 Å². The first-order chi connectivity index (χ1) is 7.36. The quantitative estimate of drug-likeness (QED) is 0.862. The minimum Gasteiger partial charge on any atom is -0.364 e. The molecule has 0 saturated carbocycles. The summed E-state index contributed by atoms with van der Waals surface area (Å²) < 4.78 is 4.71. The molecule has 0 saturated heterocycles. The Balaban J connectivity index is 1.86. The van der Waals surface area contributed by atoms with Gasteiger partial charge in [0, 0.05) is 31.5 Å². The van der Waals surface area contributed by atoms with Gasteiger partial charge in [0.2, 0.25) is 0 Å². The summed E-state index contributed by atoms with van der Waals surface area (Å²) in [5, 5.41) is 7.67. The highest BCUT2D eigenvalue weighted by atomic mass is 35.5. The van der Waals surface area contributed by atoms with Crippen LogP contribution in [-0.2, 0) is 13.1 Å². The van der Waals surface area contributed by atoms with Crippen LogP contribution in [0.25, 0.3) is 0 Å². The maximum absolute atomic E-state index is 5.95. The number of hydrogen-bond donors (Lipinski definition) is 1. The summed E-state index contributed by atoms with van der Waals surface area (Å²) in [7, 11) is 0. The molecule has 5 heteroatoms. The van der Waals surface area contributed by atoms with E-state index in [-0.39, 0.29) is 0 Å². The summed E-state index contributed by atoms with van der Waals surface area (Å²) in [4.78, 5) is 3.92. The number of nitrogens with one attached hydrogen (secondary N) is 1. The van der Waals surface area contributed by atoms with Gasteiger partial charge >= 0.3 is 0 Å². The monoisotopic (exact) mass is 223 g/mol. The highest BCUT2D eigenvalue weighted by Gasteiger charge is 2.00. The molecule has 0 aliphatic rings. The molecule has 0 fully saturated rings. The topological polar surface area (TPSA) is 51.0 Å². The number of hydrogen-bond acceptors (Lipinski definition) is 4. The van der Waals surface area contributed by atoms with Gasteiger partial charge in [-0.15, -0.1) is 0 Å². The lowest BCUT2D eigenvalue weighted by Crippen LogP contribution is -2.13. The van der Waals surface area contributed by atoms with Crippen LogP contribution in [0.1, 0.15) is 11.3 Å². The fraction of sp³-hybridized carbons (Fsp3) is 0.200. The van der Waals surface area contributed by atoms with Crippen molar-refractivity contribution in [3.63, 3.8) is 0 Å². The average Bonchev–Trinajstić information content (AvgIpc) is 2.74. The number of aromatic nitrogens is 2. The van der Waals surface area contributed by atoms with Crippen molar-refractivity contribution in [1.82, 2.24) is 15.5 Å². The number of rotatable bonds is 4. The van der Waals surface area contributed by atoms with Gasteiger partial charge in [-0.1, -0.05) is 16.8 Å². The van der Waals surface area contributed by atoms with Crippen LogP contribution in [0.15, 0.2) is 35.3 Å². The minimum atomic E-state index is 0.662. The fourth-order valence-electron chi connectivity index (χ4n) is 1.20. The third kappa shape index (κ3) is 2.78. The van der Waals surface area contributed by atoms with Gasteiger partial charge in [-0.05, 0) is 11.6 Å². The lowest BCUT2D eigenvalue weighted by molar-refractivity contribution is 0.408. The second-order valence-corrected chi connectivity index (χ2v) is 3.47. The summed E-state index contributed by atoms with van der Waals surface area (Å²) in [5.74, 6) is 0. The van der Waals surface area contributed by atoms with Crippen molar-refractivity contribution in [1.29, 1.82) is 0 Å². The standard InChI is InChI=1S/C10H10ClN3O/c11-10-7-12-3-1-8(10)5-13-6-9-2-4-15-14-9/h1-4,7,13H,5-6H2. The molecule has 0 radical (unpaired) electrons. The van der Waals surface area contributed by atoms with Crippen LogP contribution in [0, 0.1) is 0 Å². The molecular weight excluding hydrogens is 214 g/mol. The molecule has 78 valence electrons. The Hall–Kier alpha value is -1.39. The Morgan fingerprint density at radius 3 is 3.00 bits per heavy atom. The van der Waals surface area contributed by atoms with Crippen LogP contribution in [0.4, 0.5) is 0 Å². The molecule has 0 spiro atoms. The number of nitrogens with zero attached hydrogens (tertiary/aromatic N) is 2. The van der Waals surface area contributed by atoms with Gasteiger partial charge < -0.3 is 9.84 Å². The Kier molecular flexibility index (Phi) is 3.32. The van der Waals surface area contributed by atoms with E-state index in [1.807, 2.05) is 12.1 Å². The lowest BCUT2D eigenvalue weighted by atomic mass is 10.2. The molecule has 0 aliphatic carbocycles. The largest absolute Gasteiger partial charge is 0.364 e. The zero-order chi connectivity index (χ0) is 10.5. The molecule has 15 heavy (non-hydrogen) atoms. The predicted molar refractivity (Wildman–Crippen MR) is 56.3 cm³/mol. The van der Waals surface area contributed by atoms with E-state index in [1.165, 1.54) is 0 Å². The van der Waals surface area contributed by atoms with E-state index < -0.39 is 0 Å². The van der Waals surface area contributed by atoms with E-state index in [9.17, 15) is 0 Å². The Labute approximate surface area is 92.3 Å². The molecule has 1 N–H and O–H groups in total. The van der Waals surface area contributed by atoms with Gasteiger partial charge in [0.25, 0.3) is 0 Å². The van der Waals surface area contributed by atoms with E-state index >= 15 is 0 Å². The molecule has 0 aromatic carbocycles. The highest BCUT2D eigenvalue weighted by Crippen LogP contribution is 2.12. The van der Waals surface area contributed by atoms with Crippen molar-refractivity contribution in [3.05, 3.63) is 47.1 Å². The maximum Gasteiger partial charge on any atom is 0.124 e. The Bertz CT molecular complexity index is 416. The summed E-state index contributed by atoms with van der Waals surface area (Å²) in [5.41, 5.74) is 1.90. The van der Waals surface area contributed by atoms with Crippen LogP contribution < -0.4 is 5.32 Å². The van der Waals surface area contributed by atoms with Crippen LogP contribution in [0.2, 0.25) is 5.02 Å². The minimum absolute atomic E-state index is 0.662. The van der Waals surface area contributed by atoms with E-state index in [2.05, 4.69) is 15.5 Å². The summed E-state index contributed by atoms with van der Waals surface area (Å²) in [6.45, 7) is 1.35. The average molecular weight is 224 g/mol. The maximum atomic E-state index is 5.95. The van der Waals surface area contributed by atoms with Gasteiger partial charge in [0.15, 0.2) is 0 Å². The SMILES string of the molecule is Clc1cnccc1CNCc1ccon1. The number of halogens is 1. The van der Waals surface area contributed by atoms with E-state index in [0.717, 1.165) is 11.3 Å². The number of pyridine rings is 1. The third-order valence-electron chi connectivity index (χ3n) is 1.97. The second kappa shape index (κ2) is 4.91. The van der Waals surface area contributed by atoms with Crippen molar-refractivity contribution < 1.29 is 4.52 Å². The van der Waals surface area contributed by atoms with Crippen molar-refractivity contribution in [2.75, 3.05) is 0 Å². The first-order valence-electron chi connectivity index (χ1n) is 4.54. The molecule has 0 unspecified atom stereocenters. The predicted octanol–water partition coefficient (Wildman–Crippen LogP) is 2.01. The normalized spacial score (nSPS) is 10.5. The smallest absolute Gasteiger partial charge is 0.124 e. The summed E-state index contributed by atoms with van der Waals surface area (Å²) in [6.07, 6.45) is 4.91. The molecule has 0 bridgehead atoms. The molecule has 0 amide bonds. The van der Waals surface area contributed by atoms with Crippen molar-refractivity contribution >= 4 is 11.6 Å². The fourth-order valence-corrected chi connectivity index (χ4v) is 1.39. The van der Waals surface area contributed by atoms with Crippen LogP contribution in [-0.4, -0.2) is 10.1 Å². The van der Waals surface area contributed by atoms with Crippen molar-refractivity contribution in [3.8, 4) is 0 Å². The zero-order valence-corrected chi connectivity index (χ0v) is 8.74. The van der Waals surface area contributed by atoms with Gasteiger partial charge in [-0.2, -0.15) is 0 Å². The Morgan fingerprint density at radius 1 is 1.33 bits per heavy atom. The molecule has 2 aromatic heterocycles. The Morgan fingerprint density at radius 2 is 2.27 bits per heavy atom. The first-order valence-corrected chi connectivity index (χ1v) is 4.92. The molecule has 4 nitrogen and oxygen atoms in total. The molecular formula is C10H10ClN3O. The lowest BCUT2D eigenvalue weighted by Gasteiger charge is -2.03. The zero-order valence-electron chi connectivity index (χ0n) is 7.98. The van der Waals surface area contributed by atoms with Crippen molar-refractivity contribution in [2.24, 2.45) is 0 Å². The van der Waals surface area contributed by atoms with Gasteiger partial charge in [-0.25, -0.2) is 0 Å². The van der Waals surface area contributed by atoms with Crippen LogP contribution in [0.3, 0.4) is 0 Å². The van der Waals surface area contributed by atoms with Gasteiger partial charge in [-0.3, -0.25) is 4.98 Å². The molecule has 2 heterocycles. The molecule has 0 aliphatic heterocycles. The van der Waals surface area contributed by atoms with Crippen LogP contribution in [0.5, 0.6) is 0 Å². The van der Waals surface area contributed by atoms with E-state index in [4.69, 9.17) is 16.1 Å². The summed E-state index contributed by atoms with van der Waals surface area (Å²) in [6, 6.07) is 3.71. The van der Waals surface area contributed by atoms with Gasteiger partial charge in [0.1, 0.15) is 6.26 Å². The molecule has 2 aromatic rings. The highest BCUT2D eigenvalue weighted by molar-refractivity contribution is 6.31. The van der Waals surface area contributed by atoms with Crippen molar-refractivity contribution in [2.45, 2.75) is 13.1 Å². The first kappa shape index (κ1) is 10.1. The van der Waals surface area contributed by atoms with E-state index in [1.54, 1.807) is 18.7 Å². The second-order valence-electron chi connectivity index (χ2n) is 3.06. The third-order valence-corrected chi connectivity index (χ3v) is 2.31. The van der Waals surface area contributed by atoms with Gasteiger partial charge in [0.05, 0.1) is 10.7 Å². The van der Waals surface area contributed by atoms with E-state index in [0.29, 0.717) is 18.1 Å². The molecule has 0 atom stereocenters. The summed E-state index contributed by atoms with van der Waals surface area (Å²) >= 11 is 5.95. The molecule has 2 rings (SSSR count).